The molecule has 0 saturated heterocycles. The molecule has 1 N–H and O–H groups in total. The van der Waals surface area contributed by atoms with Gasteiger partial charge in [0.15, 0.2) is 0 Å². The van der Waals surface area contributed by atoms with Gasteiger partial charge in [0.1, 0.15) is 5.75 Å². The second-order valence-electron chi connectivity index (χ2n) is 3.38. The summed E-state index contributed by atoms with van der Waals surface area (Å²) in [4.78, 5) is 4.31. The quantitative estimate of drug-likeness (QED) is 0.883. The van der Waals surface area contributed by atoms with E-state index in [4.69, 9.17) is 9.84 Å². The molecule has 2 aromatic rings. The molecule has 0 aliphatic carbocycles. The topological polar surface area (TPSA) is 42.4 Å². The van der Waals surface area contributed by atoms with E-state index in [9.17, 15) is 0 Å². The third-order valence-electron chi connectivity index (χ3n) is 2.30. The van der Waals surface area contributed by atoms with Crippen LogP contribution in [0.15, 0.2) is 29.6 Å². The number of aliphatic hydroxyl groups excluding tert-OH is 1. The van der Waals surface area contributed by atoms with Crippen molar-refractivity contribution in [2.75, 3.05) is 7.11 Å². The molecule has 0 saturated carbocycles. The number of aliphatic hydroxyl groups is 1. The smallest absolute Gasteiger partial charge is 0.122 e. The number of nitrogens with zero attached hydrogens (tertiary/aromatic N) is 1. The standard InChI is InChI=1S/C12H13NO2S/c1-15-11-5-3-2-4-9(11)6-12-13-10(7-14)8-16-12/h2-5,8,14H,6-7H2,1H3. The molecule has 3 nitrogen and oxygen atoms in total. The summed E-state index contributed by atoms with van der Waals surface area (Å²) in [5, 5.41) is 11.8. The molecule has 0 radical (unpaired) electrons. The minimum absolute atomic E-state index is 0.00241. The van der Waals surface area contributed by atoms with Crippen LogP contribution in [-0.2, 0) is 13.0 Å². The first-order valence-electron chi connectivity index (χ1n) is 4.99. The van der Waals surface area contributed by atoms with E-state index in [-0.39, 0.29) is 6.61 Å². The van der Waals surface area contributed by atoms with Crippen molar-refractivity contribution in [1.29, 1.82) is 0 Å². The van der Waals surface area contributed by atoms with Gasteiger partial charge in [-0.2, -0.15) is 0 Å². The Bertz CT molecular complexity index is 468. The maximum absolute atomic E-state index is 8.94. The van der Waals surface area contributed by atoms with Gasteiger partial charge in [-0.3, -0.25) is 0 Å². The molecule has 0 aliphatic heterocycles. The number of thiazole rings is 1. The van der Waals surface area contributed by atoms with Crippen molar-refractivity contribution >= 4 is 11.3 Å². The number of hydrogen-bond donors (Lipinski definition) is 1. The van der Waals surface area contributed by atoms with Crippen molar-refractivity contribution in [2.24, 2.45) is 0 Å². The first-order valence-corrected chi connectivity index (χ1v) is 5.87. The Kier molecular flexibility index (Phi) is 3.54. The molecule has 0 bridgehead atoms. The van der Waals surface area contributed by atoms with E-state index < -0.39 is 0 Å². The highest BCUT2D eigenvalue weighted by molar-refractivity contribution is 7.09. The molecule has 4 heteroatoms. The van der Waals surface area contributed by atoms with Crippen molar-refractivity contribution in [3.8, 4) is 5.75 Å². The summed E-state index contributed by atoms with van der Waals surface area (Å²) in [6.07, 6.45) is 0.745. The van der Waals surface area contributed by atoms with Crippen LogP contribution >= 0.6 is 11.3 Å². The zero-order valence-corrected chi connectivity index (χ0v) is 9.83. The summed E-state index contributed by atoms with van der Waals surface area (Å²) >= 11 is 1.56. The van der Waals surface area contributed by atoms with Crippen LogP contribution in [0.1, 0.15) is 16.3 Å². The van der Waals surface area contributed by atoms with Crippen LogP contribution in [0.3, 0.4) is 0 Å². The van der Waals surface area contributed by atoms with Crippen molar-refractivity contribution < 1.29 is 9.84 Å². The number of benzene rings is 1. The molecule has 1 heterocycles. The van der Waals surface area contributed by atoms with Crippen LogP contribution in [0.2, 0.25) is 0 Å². The predicted molar refractivity (Wildman–Crippen MR) is 63.8 cm³/mol. The number of hydrogen-bond acceptors (Lipinski definition) is 4. The molecule has 0 amide bonds. The normalized spacial score (nSPS) is 10.4. The summed E-state index contributed by atoms with van der Waals surface area (Å²) in [7, 11) is 1.67. The van der Waals surface area contributed by atoms with Gasteiger partial charge in [-0.25, -0.2) is 4.98 Å². The SMILES string of the molecule is COc1ccccc1Cc1nc(CO)cs1. The molecule has 0 spiro atoms. The maximum Gasteiger partial charge on any atom is 0.122 e. The zero-order chi connectivity index (χ0) is 11.4. The number of aromatic nitrogens is 1. The average molecular weight is 235 g/mol. The molecule has 1 aromatic heterocycles. The van der Waals surface area contributed by atoms with E-state index in [1.54, 1.807) is 18.4 Å². The Morgan fingerprint density at radius 2 is 2.19 bits per heavy atom. The highest BCUT2D eigenvalue weighted by Crippen LogP contribution is 2.22. The lowest BCUT2D eigenvalue weighted by Crippen LogP contribution is -1.93. The number of methoxy groups -OCH3 is 1. The van der Waals surface area contributed by atoms with Gasteiger partial charge < -0.3 is 9.84 Å². The zero-order valence-electron chi connectivity index (χ0n) is 9.01. The van der Waals surface area contributed by atoms with Crippen molar-refractivity contribution in [3.63, 3.8) is 0 Å². The van der Waals surface area contributed by atoms with E-state index >= 15 is 0 Å². The Labute approximate surface area is 98.4 Å². The average Bonchev–Trinajstić information content (AvgIpc) is 2.77. The fourth-order valence-electron chi connectivity index (χ4n) is 1.51. The molecular weight excluding hydrogens is 222 g/mol. The van der Waals surface area contributed by atoms with Gasteiger partial charge in [0, 0.05) is 17.4 Å². The first kappa shape index (κ1) is 11.1. The molecule has 16 heavy (non-hydrogen) atoms. The largest absolute Gasteiger partial charge is 0.496 e. The van der Waals surface area contributed by atoms with E-state index in [2.05, 4.69) is 4.98 Å². The lowest BCUT2D eigenvalue weighted by molar-refractivity contribution is 0.277. The van der Waals surface area contributed by atoms with E-state index in [0.717, 1.165) is 28.4 Å². The van der Waals surface area contributed by atoms with E-state index in [1.165, 1.54) is 0 Å². The highest BCUT2D eigenvalue weighted by Gasteiger charge is 2.06. The highest BCUT2D eigenvalue weighted by atomic mass is 32.1. The van der Waals surface area contributed by atoms with Crippen LogP contribution in [0.4, 0.5) is 0 Å². The lowest BCUT2D eigenvalue weighted by Gasteiger charge is -2.05. The second-order valence-corrected chi connectivity index (χ2v) is 4.32. The molecule has 1 aromatic carbocycles. The molecule has 0 unspecified atom stereocenters. The third kappa shape index (κ3) is 2.40. The summed E-state index contributed by atoms with van der Waals surface area (Å²) in [5.74, 6) is 0.878. The van der Waals surface area contributed by atoms with Crippen molar-refractivity contribution in [1.82, 2.24) is 4.98 Å². The monoisotopic (exact) mass is 235 g/mol. The Hall–Kier alpha value is -1.39. The van der Waals surface area contributed by atoms with Crippen molar-refractivity contribution in [2.45, 2.75) is 13.0 Å². The van der Waals surface area contributed by atoms with E-state index in [0.29, 0.717) is 0 Å². The van der Waals surface area contributed by atoms with Crippen LogP contribution in [0.5, 0.6) is 5.75 Å². The van der Waals surface area contributed by atoms with Gasteiger partial charge in [-0.15, -0.1) is 11.3 Å². The summed E-state index contributed by atoms with van der Waals surface area (Å²) in [6.45, 7) is 0.00241. The Balaban J connectivity index is 2.19. The van der Waals surface area contributed by atoms with E-state index in [1.807, 2.05) is 29.6 Å². The molecule has 2 rings (SSSR count). The van der Waals surface area contributed by atoms with Crippen LogP contribution in [-0.4, -0.2) is 17.2 Å². The molecule has 0 fully saturated rings. The predicted octanol–water partition coefficient (Wildman–Crippen LogP) is 2.23. The van der Waals surface area contributed by atoms with Crippen LogP contribution in [0.25, 0.3) is 0 Å². The fourth-order valence-corrected chi connectivity index (χ4v) is 2.32. The fraction of sp³-hybridized carbons (Fsp3) is 0.250. The third-order valence-corrected chi connectivity index (χ3v) is 3.19. The summed E-state index contributed by atoms with van der Waals surface area (Å²) in [6, 6.07) is 7.90. The summed E-state index contributed by atoms with van der Waals surface area (Å²) < 4.78 is 5.28. The lowest BCUT2D eigenvalue weighted by atomic mass is 10.1. The minimum atomic E-state index is 0.00241. The second kappa shape index (κ2) is 5.09. The molecule has 84 valence electrons. The number of rotatable bonds is 4. The first-order chi connectivity index (χ1) is 7.83. The van der Waals surface area contributed by atoms with Crippen molar-refractivity contribution in [3.05, 3.63) is 45.9 Å². The minimum Gasteiger partial charge on any atom is -0.496 e. The Morgan fingerprint density at radius 1 is 1.38 bits per heavy atom. The van der Waals surface area contributed by atoms with Gasteiger partial charge in [0.05, 0.1) is 24.4 Å². The maximum atomic E-state index is 8.94. The van der Waals surface area contributed by atoms with Gasteiger partial charge in [0.25, 0.3) is 0 Å². The summed E-state index contributed by atoms with van der Waals surface area (Å²) in [5.41, 5.74) is 1.85. The van der Waals surface area contributed by atoms with Gasteiger partial charge in [-0.05, 0) is 6.07 Å². The van der Waals surface area contributed by atoms with Gasteiger partial charge in [0.2, 0.25) is 0 Å². The van der Waals surface area contributed by atoms with Crippen LogP contribution in [0, 0.1) is 0 Å². The molecular formula is C12H13NO2S. The van der Waals surface area contributed by atoms with Gasteiger partial charge in [-0.1, -0.05) is 18.2 Å². The molecule has 0 aliphatic rings. The van der Waals surface area contributed by atoms with Crippen LogP contribution < -0.4 is 4.74 Å². The number of para-hydroxylation sites is 1. The Morgan fingerprint density at radius 3 is 2.88 bits per heavy atom. The van der Waals surface area contributed by atoms with Gasteiger partial charge >= 0.3 is 0 Å². The number of ether oxygens (including phenoxy) is 1. The molecule has 0 atom stereocenters.